The molecule has 27 heavy (non-hydrogen) atoms. The van der Waals surface area contributed by atoms with E-state index in [0.29, 0.717) is 28.6 Å². The number of carbonyl (C=O) groups excluding carboxylic acids is 2. The summed E-state index contributed by atoms with van der Waals surface area (Å²) in [6, 6.07) is 10.8. The maximum absolute atomic E-state index is 12.0. The van der Waals surface area contributed by atoms with E-state index in [2.05, 4.69) is 10.6 Å². The summed E-state index contributed by atoms with van der Waals surface area (Å²) in [6.45, 7) is 1.78. The molecule has 0 saturated heterocycles. The molecule has 6 nitrogen and oxygen atoms in total. The highest BCUT2D eigenvalue weighted by Gasteiger charge is 2.09. The summed E-state index contributed by atoms with van der Waals surface area (Å²) in [7, 11) is 3.13. The second-order valence-electron chi connectivity index (χ2n) is 5.98. The zero-order valence-corrected chi connectivity index (χ0v) is 16.4. The Labute approximate surface area is 163 Å². The zero-order valence-electron chi connectivity index (χ0n) is 15.6. The van der Waals surface area contributed by atoms with Gasteiger partial charge in [-0.3, -0.25) is 9.59 Å². The van der Waals surface area contributed by atoms with Crippen molar-refractivity contribution >= 4 is 29.1 Å². The number of benzene rings is 2. The quantitative estimate of drug-likeness (QED) is 0.724. The number of hydrogen-bond acceptors (Lipinski definition) is 4. The fourth-order valence-electron chi connectivity index (χ4n) is 2.44. The Kier molecular flexibility index (Phi) is 7.49. The number of halogens is 1. The minimum Gasteiger partial charge on any atom is -0.493 e. The molecule has 2 aromatic rings. The molecule has 0 radical (unpaired) electrons. The van der Waals surface area contributed by atoms with Gasteiger partial charge in [-0.1, -0.05) is 23.7 Å². The van der Waals surface area contributed by atoms with Crippen molar-refractivity contribution < 1.29 is 19.1 Å². The van der Waals surface area contributed by atoms with Crippen LogP contribution in [0.3, 0.4) is 0 Å². The topological polar surface area (TPSA) is 76.7 Å². The molecule has 0 aliphatic carbocycles. The molecule has 0 bridgehead atoms. The summed E-state index contributed by atoms with van der Waals surface area (Å²) in [5.74, 6) is 0.737. The van der Waals surface area contributed by atoms with Gasteiger partial charge in [-0.05, 0) is 48.7 Å². The van der Waals surface area contributed by atoms with Gasteiger partial charge in [-0.15, -0.1) is 0 Å². The van der Waals surface area contributed by atoms with E-state index in [-0.39, 0.29) is 24.8 Å². The molecule has 0 heterocycles. The molecule has 0 unspecified atom stereocenters. The predicted octanol–water partition coefficient (Wildman–Crippen LogP) is 3.35. The normalized spacial score (nSPS) is 10.2. The lowest BCUT2D eigenvalue weighted by atomic mass is 10.1. The average Bonchev–Trinajstić information content (AvgIpc) is 2.67. The third kappa shape index (κ3) is 6.18. The van der Waals surface area contributed by atoms with Crippen LogP contribution < -0.4 is 20.1 Å². The molecule has 0 saturated carbocycles. The largest absolute Gasteiger partial charge is 0.493 e. The molecule has 144 valence electrons. The van der Waals surface area contributed by atoms with Crippen LogP contribution in [0.4, 0.5) is 5.69 Å². The maximum Gasteiger partial charge on any atom is 0.243 e. The van der Waals surface area contributed by atoms with Gasteiger partial charge >= 0.3 is 0 Å². The Balaban J connectivity index is 1.78. The van der Waals surface area contributed by atoms with E-state index in [1.807, 2.05) is 25.1 Å². The molecule has 2 amide bonds. The predicted molar refractivity (Wildman–Crippen MR) is 106 cm³/mol. The molecule has 0 spiro atoms. The van der Waals surface area contributed by atoms with E-state index in [4.69, 9.17) is 21.1 Å². The molecule has 2 aromatic carbocycles. The number of hydrogen-bond donors (Lipinski definition) is 2. The highest BCUT2D eigenvalue weighted by molar-refractivity contribution is 6.31. The van der Waals surface area contributed by atoms with Gasteiger partial charge in [0, 0.05) is 17.1 Å². The number of rotatable bonds is 8. The average molecular weight is 391 g/mol. The van der Waals surface area contributed by atoms with Crippen LogP contribution in [0, 0.1) is 6.92 Å². The van der Waals surface area contributed by atoms with Crippen molar-refractivity contribution in [1.82, 2.24) is 5.32 Å². The first-order chi connectivity index (χ1) is 12.9. The molecule has 2 N–H and O–H groups in total. The Bertz CT molecular complexity index is 824. The van der Waals surface area contributed by atoms with Crippen LogP contribution >= 0.6 is 11.6 Å². The van der Waals surface area contributed by atoms with Crippen LogP contribution in [0.15, 0.2) is 36.4 Å². The van der Waals surface area contributed by atoms with Gasteiger partial charge in [-0.25, -0.2) is 0 Å². The van der Waals surface area contributed by atoms with E-state index in [9.17, 15) is 9.59 Å². The minimum atomic E-state index is -0.311. The number of aryl methyl sites for hydroxylation is 2. The van der Waals surface area contributed by atoms with Crippen molar-refractivity contribution in [2.45, 2.75) is 19.8 Å². The molecular weight excluding hydrogens is 368 g/mol. The summed E-state index contributed by atoms with van der Waals surface area (Å²) in [5.41, 5.74) is 2.47. The Hall–Kier alpha value is -2.73. The van der Waals surface area contributed by atoms with Crippen LogP contribution in [0.25, 0.3) is 0 Å². The van der Waals surface area contributed by atoms with E-state index >= 15 is 0 Å². The number of amides is 2. The second kappa shape index (κ2) is 9.83. The summed E-state index contributed by atoms with van der Waals surface area (Å²) >= 11 is 6.03. The fraction of sp³-hybridized carbons (Fsp3) is 0.300. The van der Waals surface area contributed by atoms with E-state index in [1.54, 1.807) is 32.4 Å². The highest BCUT2D eigenvalue weighted by Crippen LogP contribution is 2.27. The fourth-order valence-corrected chi connectivity index (χ4v) is 2.62. The number of carbonyl (C=O) groups is 2. The summed E-state index contributed by atoms with van der Waals surface area (Å²) in [4.78, 5) is 23.9. The molecule has 2 rings (SSSR count). The minimum absolute atomic E-state index is 0.101. The zero-order chi connectivity index (χ0) is 19.8. The van der Waals surface area contributed by atoms with E-state index in [0.717, 1.165) is 11.1 Å². The van der Waals surface area contributed by atoms with Gasteiger partial charge in [0.15, 0.2) is 11.5 Å². The van der Waals surface area contributed by atoms with Crippen LogP contribution in [0.2, 0.25) is 5.02 Å². The van der Waals surface area contributed by atoms with Crippen LogP contribution in [0.1, 0.15) is 17.5 Å². The standard InChI is InChI=1S/C20H23ClN2O4/c1-13-4-7-15(11-16(13)21)23-20(25)12-22-19(24)9-6-14-5-8-17(26-2)18(10-14)27-3/h4-5,7-8,10-11H,6,9,12H2,1-3H3,(H,22,24)(H,23,25). The van der Waals surface area contributed by atoms with Crippen molar-refractivity contribution in [2.75, 3.05) is 26.1 Å². The summed E-state index contributed by atoms with van der Waals surface area (Å²) < 4.78 is 10.4. The van der Waals surface area contributed by atoms with Gasteiger partial charge in [-0.2, -0.15) is 0 Å². The monoisotopic (exact) mass is 390 g/mol. The molecule has 0 fully saturated rings. The first-order valence-electron chi connectivity index (χ1n) is 8.46. The van der Waals surface area contributed by atoms with Crippen LogP contribution in [-0.2, 0) is 16.0 Å². The van der Waals surface area contributed by atoms with Crippen molar-refractivity contribution in [3.8, 4) is 11.5 Å². The molecule has 0 aliphatic heterocycles. The van der Waals surface area contributed by atoms with Gasteiger partial charge in [0.1, 0.15) is 0 Å². The number of ether oxygens (including phenoxy) is 2. The first kappa shape index (κ1) is 20.6. The molecule has 0 aromatic heterocycles. The van der Waals surface area contributed by atoms with Gasteiger partial charge in [0.2, 0.25) is 11.8 Å². The van der Waals surface area contributed by atoms with Gasteiger partial charge in [0.25, 0.3) is 0 Å². The number of anilines is 1. The van der Waals surface area contributed by atoms with Crippen molar-refractivity contribution in [1.29, 1.82) is 0 Å². The third-order valence-electron chi connectivity index (χ3n) is 3.99. The maximum atomic E-state index is 12.0. The lowest BCUT2D eigenvalue weighted by molar-refractivity contribution is -0.124. The van der Waals surface area contributed by atoms with Gasteiger partial charge in [0.05, 0.1) is 20.8 Å². The highest BCUT2D eigenvalue weighted by atomic mass is 35.5. The first-order valence-corrected chi connectivity index (χ1v) is 8.84. The summed E-state index contributed by atoms with van der Waals surface area (Å²) in [5, 5.41) is 5.88. The van der Waals surface area contributed by atoms with Crippen LogP contribution in [0.5, 0.6) is 11.5 Å². The van der Waals surface area contributed by atoms with Gasteiger partial charge < -0.3 is 20.1 Å². The van der Waals surface area contributed by atoms with E-state index in [1.165, 1.54) is 0 Å². The van der Waals surface area contributed by atoms with Crippen molar-refractivity contribution in [3.63, 3.8) is 0 Å². The Morgan fingerprint density at radius 2 is 1.74 bits per heavy atom. The number of nitrogens with one attached hydrogen (secondary N) is 2. The summed E-state index contributed by atoms with van der Waals surface area (Å²) in [6.07, 6.45) is 0.792. The molecule has 7 heteroatoms. The Morgan fingerprint density at radius 1 is 1.00 bits per heavy atom. The second-order valence-corrected chi connectivity index (χ2v) is 6.39. The molecule has 0 atom stereocenters. The lowest BCUT2D eigenvalue weighted by Gasteiger charge is -2.10. The molecular formula is C20H23ClN2O4. The smallest absolute Gasteiger partial charge is 0.243 e. The SMILES string of the molecule is COc1ccc(CCC(=O)NCC(=O)Nc2ccc(C)c(Cl)c2)cc1OC. The van der Waals surface area contributed by atoms with Crippen molar-refractivity contribution in [2.24, 2.45) is 0 Å². The van der Waals surface area contributed by atoms with Crippen LogP contribution in [-0.4, -0.2) is 32.6 Å². The molecule has 0 aliphatic rings. The third-order valence-corrected chi connectivity index (χ3v) is 4.40. The van der Waals surface area contributed by atoms with Crippen molar-refractivity contribution in [3.05, 3.63) is 52.5 Å². The Morgan fingerprint density at radius 3 is 2.41 bits per heavy atom. The lowest BCUT2D eigenvalue weighted by Crippen LogP contribution is -2.32. The number of methoxy groups -OCH3 is 2. The van der Waals surface area contributed by atoms with E-state index < -0.39 is 0 Å².